The molecule has 1 aromatic carbocycles. The number of hydrogen-bond donors (Lipinski definition) is 1. The maximum atomic E-state index is 13.1. The molecule has 0 saturated carbocycles. The summed E-state index contributed by atoms with van der Waals surface area (Å²) in [6.45, 7) is 1.11. The van der Waals surface area contributed by atoms with Crippen LogP contribution in [-0.2, 0) is 0 Å². The Labute approximate surface area is 155 Å². The van der Waals surface area contributed by atoms with E-state index in [1.807, 2.05) is 0 Å². The Morgan fingerprint density at radius 2 is 2.00 bits per heavy atom. The fraction of sp³-hybridized carbons (Fsp3) is 0.263. The van der Waals surface area contributed by atoms with Crippen LogP contribution in [-0.4, -0.2) is 50.2 Å². The van der Waals surface area contributed by atoms with Gasteiger partial charge in [-0.1, -0.05) is 0 Å². The number of ether oxygens (including phenoxy) is 1. The molecule has 0 radical (unpaired) electrons. The summed E-state index contributed by atoms with van der Waals surface area (Å²) in [7, 11) is 0. The predicted octanol–water partition coefficient (Wildman–Crippen LogP) is 2.69. The lowest BCUT2D eigenvalue weighted by molar-refractivity contribution is 0.0510. The van der Waals surface area contributed by atoms with Gasteiger partial charge in [-0.25, -0.2) is 14.4 Å². The molecule has 3 heterocycles. The number of aromatic amines is 1. The molecule has 7 nitrogen and oxygen atoms in total. The molecule has 1 aliphatic heterocycles. The van der Waals surface area contributed by atoms with Gasteiger partial charge in [0.2, 0.25) is 0 Å². The largest absolute Gasteiger partial charge is 0.458 e. The van der Waals surface area contributed by atoms with Crippen molar-refractivity contribution < 1.29 is 13.9 Å². The molecule has 1 saturated heterocycles. The van der Waals surface area contributed by atoms with Crippen molar-refractivity contribution in [1.29, 1.82) is 0 Å². The van der Waals surface area contributed by atoms with E-state index in [0.717, 1.165) is 18.4 Å². The first-order valence-electron chi connectivity index (χ1n) is 8.73. The molecule has 1 atom stereocenters. The first kappa shape index (κ1) is 17.1. The number of likely N-dealkylation sites (tertiary alicyclic amines) is 1. The highest BCUT2D eigenvalue weighted by Gasteiger charge is 2.27. The first-order chi connectivity index (χ1) is 13.2. The van der Waals surface area contributed by atoms with Crippen molar-refractivity contribution in [2.24, 2.45) is 0 Å². The van der Waals surface area contributed by atoms with E-state index in [1.54, 1.807) is 41.6 Å². The zero-order valence-electron chi connectivity index (χ0n) is 14.5. The maximum absolute atomic E-state index is 13.1. The number of nitrogens with zero attached hydrogens (tertiary/aromatic N) is 4. The summed E-state index contributed by atoms with van der Waals surface area (Å²) in [5.41, 5.74) is 1.74. The molecule has 0 bridgehead atoms. The Hall–Kier alpha value is -3.29. The van der Waals surface area contributed by atoms with Crippen LogP contribution in [0.3, 0.4) is 0 Å². The lowest BCUT2D eigenvalue weighted by Gasteiger charge is -2.31. The van der Waals surface area contributed by atoms with Crippen LogP contribution in [0.5, 0.6) is 6.01 Å². The Morgan fingerprint density at radius 1 is 1.22 bits per heavy atom. The number of amides is 1. The molecule has 1 unspecified atom stereocenters. The predicted molar refractivity (Wildman–Crippen MR) is 95.6 cm³/mol. The minimum atomic E-state index is -0.313. The Kier molecular flexibility index (Phi) is 4.78. The van der Waals surface area contributed by atoms with E-state index in [9.17, 15) is 9.18 Å². The van der Waals surface area contributed by atoms with Gasteiger partial charge in [-0.3, -0.25) is 9.89 Å². The summed E-state index contributed by atoms with van der Waals surface area (Å²) >= 11 is 0. The van der Waals surface area contributed by atoms with Gasteiger partial charge in [-0.2, -0.15) is 5.10 Å². The van der Waals surface area contributed by atoms with Crippen molar-refractivity contribution in [3.8, 4) is 17.3 Å². The van der Waals surface area contributed by atoms with Gasteiger partial charge in [0.25, 0.3) is 5.91 Å². The van der Waals surface area contributed by atoms with Crippen molar-refractivity contribution >= 4 is 5.91 Å². The molecule has 0 spiro atoms. The fourth-order valence-corrected chi connectivity index (χ4v) is 3.08. The van der Waals surface area contributed by atoms with Gasteiger partial charge in [0.05, 0.1) is 12.2 Å². The lowest BCUT2D eigenvalue weighted by atomic mass is 10.1. The van der Waals surface area contributed by atoms with Crippen LogP contribution in [0.2, 0.25) is 0 Å². The zero-order valence-corrected chi connectivity index (χ0v) is 14.5. The van der Waals surface area contributed by atoms with E-state index < -0.39 is 0 Å². The van der Waals surface area contributed by atoms with Crippen LogP contribution in [0, 0.1) is 5.82 Å². The molecule has 138 valence electrons. The van der Waals surface area contributed by atoms with E-state index in [-0.39, 0.29) is 17.8 Å². The fourth-order valence-electron chi connectivity index (χ4n) is 3.08. The number of aromatic nitrogens is 4. The Morgan fingerprint density at radius 3 is 2.78 bits per heavy atom. The number of carbonyl (C=O) groups is 1. The van der Waals surface area contributed by atoms with E-state index in [4.69, 9.17) is 4.74 Å². The average molecular weight is 367 g/mol. The first-order valence-corrected chi connectivity index (χ1v) is 8.73. The topological polar surface area (TPSA) is 84.0 Å². The highest BCUT2D eigenvalue weighted by Crippen LogP contribution is 2.21. The Bertz CT molecular complexity index is 913. The van der Waals surface area contributed by atoms with Gasteiger partial charge < -0.3 is 9.64 Å². The zero-order chi connectivity index (χ0) is 18.6. The molecule has 1 amide bonds. The lowest BCUT2D eigenvalue weighted by Crippen LogP contribution is -2.44. The van der Waals surface area contributed by atoms with Crippen LogP contribution < -0.4 is 4.74 Å². The normalized spacial score (nSPS) is 16.9. The third kappa shape index (κ3) is 3.94. The highest BCUT2D eigenvalue weighted by molar-refractivity contribution is 5.93. The molecule has 1 fully saturated rings. The minimum Gasteiger partial charge on any atom is -0.458 e. The number of hydrogen-bond acceptors (Lipinski definition) is 5. The van der Waals surface area contributed by atoms with Gasteiger partial charge >= 0.3 is 6.01 Å². The molecule has 27 heavy (non-hydrogen) atoms. The van der Waals surface area contributed by atoms with Gasteiger partial charge in [0.15, 0.2) is 0 Å². The number of benzene rings is 1. The molecular weight excluding hydrogens is 349 g/mol. The van der Waals surface area contributed by atoms with Gasteiger partial charge in [0, 0.05) is 24.5 Å². The summed E-state index contributed by atoms with van der Waals surface area (Å²) in [5, 5.41) is 6.95. The number of halogens is 1. The molecule has 1 aliphatic rings. The van der Waals surface area contributed by atoms with Crippen molar-refractivity contribution in [2.45, 2.75) is 18.9 Å². The number of H-pyrrole nitrogens is 1. The number of rotatable bonds is 4. The van der Waals surface area contributed by atoms with Crippen LogP contribution in [0.25, 0.3) is 11.3 Å². The van der Waals surface area contributed by atoms with Crippen LogP contribution in [0.4, 0.5) is 4.39 Å². The molecule has 4 rings (SSSR count). The maximum Gasteiger partial charge on any atom is 0.316 e. The van der Waals surface area contributed by atoms with Gasteiger partial charge in [0.1, 0.15) is 17.6 Å². The number of carbonyl (C=O) groups excluding carboxylic acids is 1. The highest BCUT2D eigenvalue weighted by atomic mass is 19.1. The van der Waals surface area contributed by atoms with Crippen molar-refractivity contribution in [3.63, 3.8) is 0 Å². The molecular formula is C19H18FN5O2. The quantitative estimate of drug-likeness (QED) is 0.766. The van der Waals surface area contributed by atoms with Crippen LogP contribution >= 0.6 is 0 Å². The summed E-state index contributed by atoms with van der Waals surface area (Å²) in [6.07, 6.45) is 4.77. The average Bonchev–Trinajstić information content (AvgIpc) is 3.19. The molecule has 8 heteroatoms. The number of piperidine rings is 1. The number of nitrogens with one attached hydrogen (secondary N) is 1. The molecule has 0 aliphatic carbocycles. The van der Waals surface area contributed by atoms with E-state index in [1.165, 1.54) is 12.1 Å². The monoisotopic (exact) mass is 367 g/mol. The van der Waals surface area contributed by atoms with E-state index in [0.29, 0.717) is 30.5 Å². The van der Waals surface area contributed by atoms with Crippen molar-refractivity contribution in [1.82, 2.24) is 25.1 Å². The second kappa shape index (κ2) is 7.53. The van der Waals surface area contributed by atoms with Gasteiger partial charge in [-0.15, -0.1) is 0 Å². The second-order valence-corrected chi connectivity index (χ2v) is 6.34. The van der Waals surface area contributed by atoms with E-state index >= 15 is 0 Å². The van der Waals surface area contributed by atoms with Crippen molar-refractivity contribution in [2.75, 3.05) is 13.1 Å². The van der Waals surface area contributed by atoms with Crippen LogP contribution in [0.15, 0.2) is 48.8 Å². The summed E-state index contributed by atoms with van der Waals surface area (Å²) < 4.78 is 18.8. The summed E-state index contributed by atoms with van der Waals surface area (Å²) in [5.74, 6) is -0.453. The summed E-state index contributed by atoms with van der Waals surface area (Å²) in [6, 6.07) is 9.71. The smallest absolute Gasteiger partial charge is 0.316 e. The third-order valence-corrected chi connectivity index (χ3v) is 4.43. The molecule has 1 N–H and O–H groups in total. The van der Waals surface area contributed by atoms with Crippen LogP contribution in [0.1, 0.15) is 23.3 Å². The Balaban J connectivity index is 1.44. The minimum absolute atomic E-state index is 0.141. The standard InChI is InChI=1S/C19H18FN5O2/c20-14-6-4-13(5-7-14)16-11-17(24-23-16)18(26)25-10-1-3-15(12-25)27-19-21-8-2-9-22-19/h2,4-9,11,15H,1,3,10,12H2,(H,23,24). The van der Waals surface area contributed by atoms with Crippen molar-refractivity contribution in [3.05, 3.63) is 60.3 Å². The van der Waals surface area contributed by atoms with E-state index in [2.05, 4.69) is 20.2 Å². The molecule has 2 aromatic heterocycles. The molecule has 3 aromatic rings. The van der Waals surface area contributed by atoms with Gasteiger partial charge in [-0.05, 0) is 49.2 Å². The summed E-state index contributed by atoms with van der Waals surface area (Å²) in [4.78, 5) is 22.7. The SMILES string of the molecule is O=C(c1cc(-c2ccc(F)cc2)n[nH]1)N1CCCC(Oc2ncccn2)C1. The second-order valence-electron chi connectivity index (χ2n) is 6.34. The third-order valence-electron chi connectivity index (χ3n) is 4.43.